The van der Waals surface area contributed by atoms with Gasteiger partial charge in [-0.05, 0) is 25.8 Å². The third kappa shape index (κ3) is 4.66. The Hall–Kier alpha value is -2.75. The van der Waals surface area contributed by atoms with E-state index in [0.717, 1.165) is 21.4 Å². The zero-order valence-electron chi connectivity index (χ0n) is 14.7. The average Bonchev–Trinajstić information content (AvgIpc) is 2.89. The van der Waals surface area contributed by atoms with Gasteiger partial charge in [-0.25, -0.2) is 9.78 Å². The molecular formula is C16H20N4O5S. The second kappa shape index (κ2) is 8.56. The highest BCUT2D eigenvalue weighted by Gasteiger charge is 2.15. The second-order valence-electron chi connectivity index (χ2n) is 5.61. The van der Waals surface area contributed by atoms with Gasteiger partial charge < -0.3 is 10.1 Å². The molecule has 26 heavy (non-hydrogen) atoms. The fourth-order valence-electron chi connectivity index (χ4n) is 2.16. The van der Waals surface area contributed by atoms with Crippen LogP contribution in [0.15, 0.2) is 11.1 Å². The lowest BCUT2D eigenvalue weighted by Crippen LogP contribution is -2.41. The number of amides is 3. The Bertz CT molecular complexity index is 902. The van der Waals surface area contributed by atoms with E-state index >= 15 is 0 Å². The van der Waals surface area contributed by atoms with Gasteiger partial charge in [0.25, 0.3) is 11.5 Å². The normalized spacial score (nSPS) is 10.6. The van der Waals surface area contributed by atoms with E-state index in [-0.39, 0.29) is 12.1 Å². The van der Waals surface area contributed by atoms with Crippen LogP contribution in [-0.4, -0.2) is 40.6 Å². The Morgan fingerprint density at radius 2 is 2.04 bits per heavy atom. The first-order valence-electron chi connectivity index (χ1n) is 8.02. The van der Waals surface area contributed by atoms with Crippen molar-refractivity contribution >= 4 is 39.5 Å². The maximum atomic E-state index is 12.5. The minimum absolute atomic E-state index is 0.336. The molecule has 2 heterocycles. The van der Waals surface area contributed by atoms with Gasteiger partial charge in [-0.2, -0.15) is 0 Å². The van der Waals surface area contributed by atoms with Gasteiger partial charge in [0, 0.05) is 11.4 Å². The molecule has 0 aliphatic rings. The molecular weight excluding hydrogens is 360 g/mol. The number of carbonyl (C=O) groups is 3. The average molecular weight is 380 g/mol. The van der Waals surface area contributed by atoms with Gasteiger partial charge in [-0.15, -0.1) is 11.3 Å². The SMILES string of the molecule is CCCNC(=O)NC(=O)COC(=O)Cn1cnc2sc(C)c(C)c2c1=O. The maximum Gasteiger partial charge on any atom is 0.326 e. The molecule has 2 aromatic rings. The van der Waals surface area contributed by atoms with Gasteiger partial charge in [0.05, 0.1) is 11.7 Å². The number of fused-ring (bicyclic) bond motifs is 1. The van der Waals surface area contributed by atoms with Crippen LogP contribution in [-0.2, 0) is 20.9 Å². The Morgan fingerprint density at radius 3 is 2.73 bits per heavy atom. The van der Waals surface area contributed by atoms with Crippen LogP contribution in [0.25, 0.3) is 10.2 Å². The molecule has 0 aliphatic carbocycles. The molecule has 0 aromatic carbocycles. The largest absolute Gasteiger partial charge is 0.454 e. The third-order valence-corrected chi connectivity index (χ3v) is 4.72. The molecule has 140 valence electrons. The van der Waals surface area contributed by atoms with Crippen molar-refractivity contribution in [3.05, 3.63) is 27.1 Å². The summed E-state index contributed by atoms with van der Waals surface area (Å²) in [6.07, 6.45) is 2.01. The number of rotatable bonds is 6. The van der Waals surface area contributed by atoms with Crippen LogP contribution >= 0.6 is 11.3 Å². The van der Waals surface area contributed by atoms with E-state index in [0.29, 0.717) is 16.8 Å². The molecule has 2 aromatic heterocycles. The predicted molar refractivity (Wildman–Crippen MR) is 96.1 cm³/mol. The Morgan fingerprint density at radius 1 is 1.31 bits per heavy atom. The Labute approximate surface area is 153 Å². The molecule has 0 saturated heterocycles. The third-order valence-electron chi connectivity index (χ3n) is 3.61. The lowest BCUT2D eigenvalue weighted by atomic mass is 10.2. The minimum Gasteiger partial charge on any atom is -0.454 e. The van der Waals surface area contributed by atoms with E-state index in [1.54, 1.807) is 0 Å². The van der Waals surface area contributed by atoms with E-state index in [1.165, 1.54) is 17.7 Å². The monoisotopic (exact) mass is 380 g/mol. The van der Waals surface area contributed by atoms with E-state index < -0.39 is 24.5 Å². The van der Waals surface area contributed by atoms with Crippen LogP contribution in [0.2, 0.25) is 0 Å². The lowest BCUT2D eigenvalue weighted by molar-refractivity contribution is -0.148. The summed E-state index contributed by atoms with van der Waals surface area (Å²) in [7, 11) is 0. The highest BCUT2D eigenvalue weighted by atomic mass is 32.1. The van der Waals surface area contributed by atoms with E-state index in [1.807, 2.05) is 26.1 Å². The number of esters is 1. The van der Waals surface area contributed by atoms with Crippen LogP contribution < -0.4 is 16.2 Å². The molecule has 0 aliphatic heterocycles. The van der Waals surface area contributed by atoms with Crippen LogP contribution in [0, 0.1) is 13.8 Å². The van der Waals surface area contributed by atoms with Crippen molar-refractivity contribution in [2.24, 2.45) is 0 Å². The quantitative estimate of drug-likeness (QED) is 0.717. The number of hydrogen-bond acceptors (Lipinski definition) is 7. The first kappa shape index (κ1) is 19.6. The number of nitrogens with one attached hydrogen (secondary N) is 2. The molecule has 2 N–H and O–H groups in total. The predicted octanol–water partition coefficient (Wildman–Crippen LogP) is 0.854. The lowest BCUT2D eigenvalue weighted by Gasteiger charge is -2.08. The van der Waals surface area contributed by atoms with Crippen molar-refractivity contribution in [2.75, 3.05) is 13.2 Å². The van der Waals surface area contributed by atoms with Gasteiger partial charge >= 0.3 is 12.0 Å². The van der Waals surface area contributed by atoms with Crippen LogP contribution in [0.4, 0.5) is 4.79 Å². The zero-order valence-corrected chi connectivity index (χ0v) is 15.6. The first-order valence-corrected chi connectivity index (χ1v) is 8.83. The van der Waals surface area contributed by atoms with Crippen LogP contribution in [0.5, 0.6) is 0 Å². The van der Waals surface area contributed by atoms with E-state index in [4.69, 9.17) is 4.74 Å². The molecule has 0 fully saturated rings. The molecule has 0 radical (unpaired) electrons. The first-order chi connectivity index (χ1) is 12.3. The number of thiophene rings is 1. The summed E-state index contributed by atoms with van der Waals surface area (Å²) in [5, 5.41) is 4.97. The van der Waals surface area contributed by atoms with E-state index in [9.17, 15) is 19.2 Å². The van der Waals surface area contributed by atoms with Gasteiger partial charge in [-0.3, -0.25) is 24.3 Å². The summed E-state index contributed by atoms with van der Waals surface area (Å²) in [5.41, 5.74) is 0.500. The summed E-state index contributed by atoms with van der Waals surface area (Å²) in [5.74, 6) is -1.53. The van der Waals surface area contributed by atoms with Crippen molar-refractivity contribution in [3.63, 3.8) is 0 Å². The Balaban J connectivity index is 1.94. The van der Waals surface area contributed by atoms with Gasteiger partial charge in [-0.1, -0.05) is 6.92 Å². The minimum atomic E-state index is -0.776. The van der Waals surface area contributed by atoms with Gasteiger partial charge in [0.1, 0.15) is 11.4 Å². The second-order valence-corrected chi connectivity index (χ2v) is 6.81. The van der Waals surface area contributed by atoms with Crippen molar-refractivity contribution in [1.82, 2.24) is 20.2 Å². The highest BCUT2D eigenvalue weighted by molar-refractivity contribution is 7.18. The van der Waals surface area contributed by atoms with Crippen molar-refractivity contribution in [3.8, 4) is 0 Å². The molecule has 2 rings (SSSR count). The number of aromatic nitrogens is 2. The number of nitrogens with zero attached hydrogens (tertiary/aromatic N) is 2. The number of aryl methyl sites for hydroxylation is 2. The zero-order chi connectivity index (χ0) is 19.3. The highest BCUT2D eigenvalue weighted by Crippen LogP contribution is 2.25. The molecule has 0 spiro atoms. The summed E-state index contributed by atoms with van der Waals surface area (Å²) in [6, 6.07) is -0.651. The molecule has 0 unspecified atom stereocenters. The fraction of sp³-hybridized carbons (Fsp3) is 0.438. The van der Waals surface area contributed by atoms with Crippen LogP contribution in [0.3, 0.4) is 0 Å². The summed E-state index contributed by atoms with van der Waals surface area (Å²) < 4.78 is 5.93. The molecule has 0 atom stereocenters. The summed E-state index contributed by atoms with van der Waals surface area (Å²) >= 11 is 1.41. The topological polar surface area (TPSA) is 119 Å². The molecule has 3 amide bonds. The van der Waals surface area contributed by atoms with Gasteiger partial charge in [0.2, 0.25) is 0 Å². The number of imide groups is 1. The molecule has 9 nitrogen and oxygen atoms in total. The van der Waals surface area contributed by atoms with Crippen molar-refractivity contribution in [2.45, 2.75) is 33.7 Å². The van der Waals surface area contributed by atoms with Gasteiger partial charge in [0.15, 0.2) is 6.61 Å². The summed E-state index contributed by atoms with van der Waals surface area (Å²) in [6.45, 7) is 5.04. The number of ether oxygens (including phenoxy) is 1. The van der Waals surface area contributed by atoms with Crippen LogP contribution in [0.1, 0.15) is 23.8 Å². The number of urea groups is 1. The number of hydrogen-bond donors (Lipinski definition) is 2. The molecule has 0 saturated carbocycles. The maximum absolute atomic E-state index is 12.5. The van der Waals surface area contributed by atoms with Crippen molar-refractivity contribution in [1.29, 1.82) is 0 Å². The molecule has 0 bridgehead atoms. The van der Waals surface area contributed by atoms with E-state index in [2.05, 4.69) is 10.3 Å². The Kier molecular flexibility index (Phi) is 6.45. The standard InChI is InChI=1S/C16H20N4O5S/c1-4-5-17-16(24)19-11(21)7-25-12(22)6-20-8-18-14-13(15(20)23)9(2)10(3)26-14/h8H,4-7H2,1-3H3,(H2,17,19,21,24). The summed E-state index contributed by atoms with van der Waals surface area (Å²) in [4.78, 5) is 53.0. The number of carbonyl (C=O) groups excluding carboxylic acids is 3. The molecule has 10 heteroatoms. The smallest absolute Gasteiger partial charge is 0.326 e. The fourth-order valence-corrected chi connectivity index (χ4v) is 3.15. The van der Waals surface area contributed by atoms with Crippen molar-refractivity contribution < 1.29 is 19.1 Å².